The van der Waals surface area contributed by atoms with Crippen molar-refractivity contribution in [1.82, 2.24) is 5.32 Å². The lowest BCUT2D eigenvalue weighted by molar-refractivity contribution is -0.0334. The molecule has 5 aliphatic heterocycles. The van der Waals surface area contributed by atoms with Crippen LogP contribution in [0.25, 0.3) is 0 Å². The number of benzene rings is 2. The van der Waals surface area contributed by atoms with E-state index in [1.807, 2.05) is 48.5 Å². The molecule has 4 saturated heterocycles. The van der Waals surface area contributed by atoms with Crippen LogP contribution in [0.5, 0.6) is 23.0 Å². The summed E-state index contributed by atoms with van der Waals surface area (Å²) in [5, 5.41) is 3.26. The number of fused-ring (bicyclic) bond motifs is 2. The molecule has 0 atom stereocenters. The molecular weight excluding hydrogens is 1170 g/mol. The fourth-order valence-electron chi connectivity index (χ4n) is 7.36. The fourth-order valence-corrected chi connectivity index (χ4v) is 7.36. The minimum atomic E-state index is 0.441. The zero-order chi connectivity index (χ0) is 62.4. The Morgan fingerprint density at radius 2 is 0.303 bits per heavy atom. The van der Waals surface area contributed by atoms with Crippen LogP contribution in [-0.2, 0) is 99.5 Å². The number of hydrogen-bond donors (Lipinski definition) is 1. The van der Waals surface area contributed by atoms with Crippen LogP contribution in [0.3, 0.4) is 0 Å². The summed E-state index contributed by atoms with van der Waals surface area (Å²) < 4.78 is 135. The van der Waals surface area contributed by atoms with Gasteiger partial charge in [-0.05, 0) is 43.5 Å². The highest BCUT2D eigenvalue weighted by Gasteiger charge is 2.08. The van der Waals surface area contributed by atoms with Crippen LogP contribution in [0.1, 0.15) is 19.3 Å². The predicted octanol–water partition coefficient (Wildman–Crippen LogP) is 4.02. The lowest BCUT2D eigenvalue weighted by atomic mass is 10.2. The maximum absolute atomic E-state index is 5.74. The highest BCUT2D eigenvalue weighted by molar-refractivity contribution is 5.40. The summed E-state index contributed by atoms with van der Waals surface area (Å²) in [4.78, 5) is 0. The third-order valence-corrected chi connectivity index (χ3v) is 11.9. The lowest BCUT2D eigenvalue weighted by Gasteiger charge is -2.15. The Kier molecular flexibility index (Phi) is 60.8. The summed E-state index contributed by atoms with van der Waals surface area (Å²) in [6, 6.07) is 15.2. The first-order valence-corrected chi connectivity index (χ1v) is 32.0. The van der Waals surface area contributed by atoms with Gasteiger partial charge in [0.05, 0.1) is 264 Å². The van der Waals surface area contributed by atoms with E-state index in [4.69, 9.17) is 118 Å². The van der Waals surface area contributed by atoms with Crippen molar-refractivity contribution in [3.8, 4) is 23.0 Å². The Balaban J connectivity index is 0.000000298. The minimum absolute atomic E-state index is 0.441. The molecule has 5 heterocycles. The van der Waals surface area contributed by atoms with E-state index in [-0.39, 0.29) is 0 Å². The molecule has 0 aromatic heterocycles. The second-order valence-corrected chi connectivity index (χ2v) is 19.0. The Morgan fingerprint density at radius 1 is 0.157 bits per heavy atom. The first-order chi connectivity index (χ1) is 44.4. The van der Waals surface area contributed by atoms with Gasteiger partial charge in [-0.1, -0.05) is 24.3 Å². The molecule has 0 radical (unpaired) electrons. The molecule has 0 bridgehead atoms. The van der Waals surface area contributed by atoms with Gasteiger partial charge >= 0.3 is 0 Å². The number of rotatable bonds is 0. The standard InChI is InChI=1S/C20H24O6.C13H27NO4.C12H24O6.C10H20O5.C8H16O4/c1-2-6-18-17(5-1)23-13-9-21-11-15-25-19-7-3-4-8-20(19)26-16-12-22-10-14-24-18;1-2-6-15-10-12-17-8-4-14-5-9-18-13-11-16-7-3-1;1-2-14-5-6-16-9-10-18-12-11-17-8-7-15-4-3-13-1;1-2-12-5-6-14-9-10-15-8-7-13-4-3-11-1;1-2-10-5-6-12-8-7-11-4-3-9-1/h1-8H,9-16H2;14H,1-13H2;1-12H2;1-10H2;1-8H2. The molecule has 0 saturated carbocycles. The summed E-state index contributed by atoms with van der Waals surface area (Å²) in [5.74, 6) is 2.80. The van der Waals surface area contributed by atoms with E-state index >= 15 is 0 Å². The van der Waals surface area contributed by atoms with Crippen LogP contribution in [-0.4, -0.2) is 317 Å². The van der Waals surface area contributed by atoms with Crippen LogP contribution >= 0.6 is 0 Å². The molecule has 4 fully saturated rings. The van der Waals surface area contributed by atoms with E-state index in [1.54, 1.807) is 0 Å². The van der Waals surface area contributed by atoms with Gasteiger partial charge in [-0.3, -0.25) is 0 Å². The zero-order valence-electron chi connectivity index (χ0n) is 53.4. The van der Waals surface area contributed by atoms with Gasteiger partial charge in [-0.2, -0.15) is 0 Å². The molecule has 2 aromatic carbocycles. The summed E-state index contributed by atoms with van der Waals surface area (Å²) in [6.07, 6.45) is 3.36. The summed E-state index contributed by atoms with van der Waals surface area (Å²) in [7, 11) is 0. The first-order valence-electron chi connectivity index (χ1n) is 32.0. The Hall–Kier alpha value is -3.24. The van der Waals surface area contributed by atoms with Crippen molar-refractivity contribution in [3.05, 3.63) is 48.5 Å². The van der Waals surface area contributed by atoms with Crippen molar-refractivity contribution in [3.63, 3.8) is 0 Å². The number of hydrogen-bond acceptors (Lipinski definition) is 26. The maximum Gasteiger partial charge on any atom is 0.161 e. The van der Waals surface area contributed by atoms with Crippen molar-refractivity contribution in [2.75, 3.05) is 317 Å². The van der Waals surface area contributed by atoms with Crippen molar-refractivity contribution in [2.45, 2.75) is 19.3 Å². The molecule has 26 nitrogen and oxygen atoms in total. The van der Waals surface area contributed by atoms with Gasteiger partial charge < -0.3 is 124 Å². The van der Waals surface area contributed by atoms with Crippen molar-refractivity contribution in [1.29, 1.82) is 0 Å². The van der Waals surface area contributed by atoms with Gasteiger partial charge in [0.15, 0.2) is 23.0 Å². The van der Waals surface area contributed by atoms with Crippen LogP contribution in [0.2, 0.25) is 0 Å². The SMILES string of the molecule is C1CCOCCOCCNCCOCCOCC1.C1COCCOCCOCCO1.C1COCCOCCOCCOCCO1.C1COCCOCCOCCOCCOCCO1.c1ccc2c(c1)OCCOCCOc1ccccc1OCCOCCO2. The lowest BCUT2D eigenvalue weighted by Crippen LogP contribution is -2.25. The van der Waals surface area contributed by atoms with Crippen LogP contribution in [0.15, 0.2) is 48.5 Å². The summed E-state index contributed by atoms with van der Waals surface area (Å²) >= 11 is 0. The topological polar surface area (TPSA) is 243 Å². The predicted molar refractivity (Wildman–Crippen MR) is 329 cm³/mol. The summed E-state index contributed by atoms with van der Waals surface area (Å²) in [6.45, 7) is 29.5. The number of ether oxygens (including phenoxy) is 25. The Labute approximate surface area is 529 Å². The van der Waals surface area contributed by atoms with E-state index in [2.05, 4.69) is 5.32 Å². The van der Waals surface area contributed by atoms with Crippen LogP contribution in [0, 0.1) is 0 Å². The smallest absolute Gasteiger partial charge is 0.161 e. The molecule has 518 valence electrons. The minimum Gasteiger partial charge on any atom is -0.487 e. The first kappa shape index (κ1) is 80.0. The molecule has 0 aliphatic carbocycles. The molecule has 0 amide bonds. The molecule has 26 heteroatoms. The third kappa shape index (κ3) is 56.1. The zero-order valence-corrected chi connectivity index (χ0v) is 53.4. The van der Waals surface area contributed by atoms with Gasteiger partial charge in [0.2, 0.25) is 0 Å². The van der Waals surface area contributed by atoms with E-state index in [0.29, 0.717) is 300 Å². The maximum atomic E-state index is 5.74. The largest absolute Gasteiger partial charge is 0.487 e. The molecule has 7 rings (SSSR count). The average Bonchev–Trinajstić information content (AvgIpc) is 3.75. The monoisotopic (exact) mass is 1280 g/mol. The average molecular weight is 1280 g/mol. The second kappa shape index (κ2) is 67.6. The molecule has 0 spiro atoms. The van der Waals surface area contributed by atoms with Gasteiger partial charge in [-0.25, -0.2) is 0 Å². The van der Waals surface area contributed by atoms with Gasteiger partial charge in [0.1, 0.15) is 26.4 Å². The molecule has 0 unspecified atom stereocenters. The van der Waals surface area contributed by atoms with Gasteiger partial charge in [0, 0.05) is 26.3 Å². The highest BCUT2D eigenvalue weighted by Crippen LogP contribution is 2.27. The highest BCUT2D eigenvalue weighted by atomic mass is 16.6. The molecule has 5 aliphatic rings. The third-order valence-electron chi connectivity index (χ3n) is 11.9. The van der Waals surface area contributed by atoms with Crippen molar-refractivity contribution < 1.29 is 118 Å². The number of nitrogens with one attached hydrogen (secondary N) is 1. The fraction of sp³-hybridized carbons (Fsp3) is 0.810. The van der Waals surface area contributed by atoms with E-state index < -0.39 is 0 Å². The van der Waals surface area contributed by atoms with Crippen LogP contribution < -0.4 is 24.3 Å². The Bertz CT molecular complexity index is 1320. The molecule has 1 N–H and O–H groups in total. The van der Waals surface area contributed by atoms with Gasteiger partial charge in [0.25, 0.3) is 0 Å². The normalized spacial score (nSPS) is 21.9. The van der Waals surface area contributed by atoms with E-state index in [1.165, 1.54) is 0 Å². The van der Waals surface area contributed by atoms with Crippen LogP contribution in [0.4, 0.5) is 0 Å². The molecule has 2 aromatic rings. The van der Waals surface area contributed by atoms with E-state index in [0.717, 1.165) is 58.8 Å². The molecule has 89 heavy (non-hydrogen) atoms. The quantitative estimate of drug-likeness (QED) is 0.392. The second-order valence-electron chi connectivity index (χ2n) is 19.0. The number of para-hydroxylation sites is 4. The summed E-state index contributed by atoms with van der Waals surface area (Å²) in [5.41, 5.74) is 0. The van der Waals surface area contributed by atoms with Crippen molar-refractivity contribution >= 4 is 0 Å². The molecular formula is C63H111NO25. The Morgan fingerprint density at radius 3 is 0.483 bits per heavy atom. The van der Waals surface area contributed by atoms with Gasteiger partial charge in [-0.15, -0.1) is 0 Å². The van der Waals surface area contributed by atoms with E-state index in [9.17, 15) is 0 Å². The van der Waals surface area contributed by atoms with Crippen molar-refractivity contribution in [2.24, 2.45) is 0 Å².